The molecule has 0 aliphatic carbocycles. The highest BCUT2D eigenvalue weighted by Crippen LogP contribution is 2.16. The number of benzene rings is 1. The molecule has 148 valence electrons. The van der Waals surface area contributed by atoms with E-state index >= 15 is 0 Å². The fourth-order valence-corrected chi connectivity index (χ4v) is 2.67. The number of anilines is 1. The Bertz CT molecular complexity index is 719. The fourth-order valence-electron chi connectivity index (χ4n) is 2.67. The Kier molecular flexibility index (Phi) is 9.92. The lowest BCUT2D eigenvalue weighted by Crippen LogP contribution is -2.38. The third kappa shape index (κ3) is 6.89. The number of hydrogen-bond acceptors (Lipinski definition) is 4. The molecule has 0 saturated heterocycles. The predicted molar refractivity (Wildman–Crippen MR) is 123 cm³/mol. The van der Waals surface area contributed by atoms with Crippen molar-refractivity contribution in [2.45, 2.75) is 20.0 Å². The lowest BCUT2D eigenvalue weighted by atomic mass is 10.2. The lowest BCUT2D eigenvalue weighted by Gasteiger charge is -2.22. The Labute approximate surface area is 179 Å². The van der Waals surface area contributed by atoms with Crippen molar-refractivity contribution in [3.05, 3.63) is 53.7 Å². The molecule has 0 spiro atoms. The topological polar surface area (TPSA) is 53.0 Å². The van der Waals surface area contributed by atoms with Gasteiger partial charge in [-0.3, -0.25) is 0 Å². The van der Waals surface area contributed by atoms with Gasteiger partial charge in [0.15, 0.2) is 5.96 Å². The van der Waals surface area contributed by atoms with Gasteiger partial charge < -0.3 is 19.9 Å². The molecular weight excluding hydrogens is 453 g/mol. The van der Waals surface area contributed by atoms with Crippen LogP contribution in [0.1, 0.15) is 18.1 Å². The minimum atomic E-state index is 0. The van der Waals surface area contributed by atoms with E-state index in [1.54, 1.807) is 7.11 Å². The fraction of sp³-hybridized carbons (Fsp3) is 0.400. The van der Waals surface area contributed by atoms with Crippen molar-refractivity contribution in [1.29, 1.82) is 0 Å². The summed E-state index contributed by atoms with van der Waals surface area (Å²) < 4.78 is 5.22. The standard InChI is InChI=1S/C20H29N5O.HI/c1-6-21-20(23-14-17-8-7-13-22-19(17)24(2)3)25(4)15-16-9-11-18(26-5)12-10-16;/h7-13H,6,14-15H2,1-5H3,(H,21,23);1H. The molecule has 0 radical (unpaired) electrons. The molecular formula is C20H30IN5O. The first-order valence-corrected chi connectivity index (χ1v) is 8.78. The molecule has 0 unspecified atom stereocenters. The second-order valence-electron chi connectivity index (χ2n) is 6.25. The molecule has 2 rings (SSSR count). The third-order valence-electron chi connectivity index (χ3n) is 3.97. The number of guanidine groups is 1. The van der Waals surface area contributed by atoms with Crippen LogP contribution in [0.3, 0.4) is 0 Å². The Morgan fingerprint density at radius 2 is 1.85 bits per heavy atom. The van der Waals surface area contributed by atoms with Crippen LogP contribution in [0.4, 0.5) is 5.82 Å². The summed E-state index contributed by atoms with van der Waals surface area (Å²) in [6.45, 7) is 4.24. The van der Waals surface area contributed by atoms with Crippen LogP contribution in [0.15, 0.2) is 47.6 Å². The Morgan fingerprint density at radius 3 is 2.44 bits per heavy atom. The van der Waals surface area contributed by atoms with Gasteiger partial charge in [0.05, 0.1) is 13.7 Å². The molecule has 27 heavy (non-hydrogen) atoms. The second-order valence-corrected chi connectivity index (χ2v) is 6.25. The molecule has 1 N–H and O–H groups in total. The number of aromatic nitrogens is 1. The predicted octanol–water partition coefficient (Wildman–Crippen LogP) is 3.37. The molecule has 1 heterocycles. The van der Waals surface area contributed by atoms with Gasteiger partial charge in [0, 0.05) is 46.0 Å². The highest BCUT2D eigenvalue weighted by molar-refractivity contribution is 14.0. The molecule has 0 bridgehead atoms. The monoisotopic (exact) mass is 483 g/mol. The normalized spacial score (nSPS) is 10.8. The van der Waals surface area contributed by atoms with E-state index in [-0.39, 0.29) is 24.0 Å². The number of hydrogen-bond donors (Lipinski definition) is 1. The molecule has 0 aliphatic rings. The van der Waals surface area contributed by atoms with Crippen molar-refractivity contribution in [1.82, 2.24) is 15.2 Å². The minimum absolute atomic E-state index is 0. The van der Waals surface area contributed by atoms with E-state index in [1.165, 1.54) is 5.56 Å². The average Bonchev–Trinajstić information content (AvgIpc) is 2.65. The van der Waals surface area contributed by atoms with Crippen LogP contribution < -0.4 is 15.0 Å². The third-order valence-corrected chi connectivity index (χ3v) is 3.97. The summed E-state index contributed by atoms with van der Waals surface area (Å²) >= 11 is 0. The maximum atomic E-state index is 5.22. The van der Waals surface area contributed by atoms with Crippen LogP contribution in [-0.2, 0) is 13.1 Å². The van der Waals surface area contributed by atoms with E-state index in [0.717, 1.165) is 36.2 Å². The molecule has 0 amide bonds. The van der Waals surface area contributed by atoms with Gasteiger partial charge in [0.1, 0.15) is 11.6 Å². The molecule has 0 aliphatic heterocycles. The van der Waals surface area contributed by atoms with Crippen molar-refractivity contribution in [3.8, 4) is 5.75 Å². The van der Waals surface area contributed by atoms with Crippen LogP contribution in [-0.4, -0.2) is 50.6 Å². The molecule has 1 aromatic carbocycles. The number of halogens is 1. The smallest absolute Gasteiger partial charge is 0.194 e. The zero-order valence-electron chi connectivity index (χ0n) is 16.8. The number of rotatable bonds is 7. The highest BCUT2D eigenvalue weighted by atomic mass is 127. The second kappa shape index (κ2) is 11.6. The first-order chi connectivity index (χ1) is 12.5. The van der Waals surface area contributed by atoms with Crippen LogP contribution in [0.25, 0.3) is 0 Å². The van der Waals surface area contributed by atoms with E-state index in [2.05, 4.69) is 40.3 Å². The lowest BCUT2D eigenvalue weighted by molar-refractivity contribution is 0.414. The summed E-state index contributed by atoms with van der Waals surface area (Å²) in [5.74, 6) is 2.69. The molecule has 1 aromatic heterocycles. The molecule has 0 saturated carbocycles. The average molecular weight is 483 g/mol. The number of nitrogens with zero attached hydrogens (tertiary/aromatic N) is 4. The Morgan fingerprint density at radius 1 is 1.15 bits per heavy atom. The van der Waals surface area contributed by atoms with Crippen molar-refractivity contribution in [2.75, 3.05) is 39.7 Å². The summed E-state index contributed by atoms with van der Waals surface area (Å²) in [4.78, 5) is 13.4. The van der Waals surface area contributed by atoms with Crippen LogP contribution >= 0.6 is 24.0 Å². The molecule has 0 fully saturated rings. The maximum absolute atomic E-state index is 5.22. The molecule has 6 nitrogen and oxygen atoms in total. The SMILES string of the molecule is CCNC(=NCc1cccnc1N(C)C)N(C)Cc1ccc(OC)cc1.I. The van der Waals surface area contributed by atoms with Gasteiger partial charge in [-0.15, -0.1) is 24.0 Å². The number of nitrogens with one attached hydrogen (secondary N) is 1. The largest absolute Gasteiger partial charge is 0.497 e. The summed E-state index contributed by atoms with van der Waals surface area (Å²) in [7, 11) is 7.71. The highest BCUT2D eigenvalue weighted by Gasteiger charge is 2.09. The van der Waals surface area contributed by atoms with Crippen LogP contribution in [0, 0.1) is 0 Å². The van der Waals surface area contributed by atoms with Crippen molar-refractivity contribution >= 4 is 35.8 Å². The number of methoxy groups -OCH3 is 1. The van der Waals surface area contributed by atoms with Gasteiger partial charge in [-0.1, -0.05) is 18.2 Å². The summed E-state index contributed by atoms with van der Waals surface area (Å²) in [6.07, 6.45) is 1.81. The number of pyridine rings is 1. The van der Waals surface area contributed by atoms with E-state index in [1.807, 2.05) is 50.4 Å². The van der Waals surface area contributed by atoms with Crippen molar-refractivity contribution in [2.24, 2.45) is 4.99 Å². The van der Waals surface area contributed by atoms with E-state index in [4.69, 9.17) is 9.73 Å². The summed E-state index contributed by atoms with van der Waals surface area (Å²) in [6, 6.07) is 12.1. The van der Waals surface area contributed by atoms with Crippen molar-refractivity contribution in [3.63, 3.8) is 0 Å². The van der Waals surface area contributed by atoms with Gasteiger partial charge in [-0.05, 0) is 30.7 Å². The molecule has 2 aromatic rings. The minimum Gasteiger partial charge on any atom is -0.497 e. The van der Waals surface area contributed by atoms with Crippen LogP contribution in [0.2, 0.25) is 0 Å². The van der Waals surface area contributed by atoms with E-state index in [9.17, 15) is 0 Å². The number of aliphatic imine (C=N–C) groups is 1. The Balaban J connectivity index is 0.00000364. The van der Waals surface area contributed by atoms with Gasteiger partial charge in [-0.2, -0.15) is 0 Å². The molecule has 0 atom stereocenters. The first kappa shape index (κ1) is 23.0. The van der Waals surface area contributed by atoms with Crippen LogP contribution in [0.5, 0.6) is 5.75 Å². The van der Waals surface area contributed by atoms with Crippen molar-refractivity contribution < 1.29 is 4.74 Å². The maximum Gasteiger partial charge on any atom is 0.194 e. The van der Waals surface area contributed by atoms with Gasteiger partial charge in [0.2, 0.25) is 0 Å². The zero-order valence-corrected chi connectivity index (χ0v) is 19.1. The van der Waals surface area contributed by atoms with Gasteiger partial charge in [0.25, 0.3) is 0 Å². The van der Waals surface area contributed by atoms with Gasteiger partial charge in [-0.25, -0.2) is 9.98 Å². The first-order valence-electron chi connectivity index (χ1n) is 8.78. The molecule has 7 heteroatoms. The summed E-state index contributed by atoms with van der Waals surface area (Å²) in [5.41, 5.74) is 2.31. The van der Waals surface area contributed by atoms with E-state index in [0.29, 0.717) is 6.54 Å². The van der Waals surface area contributed by atoms with E-state index < -0.39 is 0 Å². The zero-order chi connectivity index (χ0) is 18.9. The number of ether oxygens (including phenoxy) is 1. The summed E-state index contributed by atoms with van der Waals surface area (Å²) in [5, 5.41) is 3.36. The quantitative estimate of drug-likeness (QED) is 0.372. The van der Waals surface area contributed by atoms with Gasteiger partial charge >= 0.3 is 0 Å². The Hall–Kier alpha value is -2.03.